The van der Waals surface area contributed by atoms with Crippen molar-refractivity contribution in [3.63, 3.8) is 0 Å². The van der Waals surface area contributed by atoms with Crippen LogP contribution < -0.4 is 5.32 Å². The number of halogens is 1. The molecule has 1 aliphatic carbocycles. The lowest BCUT2D eigenvalue weighted by molar-refractivity contribution is 0.476. The minimum absolute atomic E-state index is 0.497. The summed E-state index contributed by atoms with van der Waals surface area (Å²) in [6.07, 6.45) is 2.65. The van der Waals surface area contributed by atoms with Crippen LogP contribution in [0, 0.1) is 11.8 Å². The molecule has 0 aliphatic heterocycles. The molecule has 78 valence electrons. The van der Waals surface area contributed by atoms with Crippen LogP contribution in [-0.4, -0.2) is 14.8 Å². The van der Waals surface area contributed by atoms with Crippen molar-refractivity contribution in [2.45, 2.75) is 32.7 Å². The summed E-state index contributed by atoms with van der Waals surface area (Å²) >= 11 is 7.05. The van der Waals surface area contributed by atoms with E-state index < -0.39 is 0 Å². The molecule has 0 radical (unpaired) electrons. The molecule has 1 atom stereocenters. The number of nitrogens with one attached hydrogen (secondary N) is 1. The van der Waals surface area contributed by atoms with Crippen LogP contribution in [0.4, 0.5) is 5.82 Å². The fourth-order valence-electron chi connectivity index (χ4n) is 1.71. The molecule has 3 nitrogen and oxygen atoms in total. The maximum Gasteiger partial charge on any atom is 0.186 e. The van der Waals surface area contributed by atoms with Gasteiger partial charge < -0.3 is 5.32 Å². The summed E-state index contributed by atoms with van der Waals surface area (Å²) in [5.41, 5.74) is 0. The molecule has 0 spiro atoms. The van der Waals surface area contributed by atoms with E-state index in [9.17, 15) is 0 Å². The molecule has 0 aromatic carbocycles. The van der Waals surface area contributed by atoms with Crippen LogP contribution in [-0.2, 0) is 0 Å². The predicted octanol–water partition coefficient (Wildman–Crippen LogP) is 3.04. The van der Waals surface area contributed by atoms with E-state index in [2.05, 4.69) is 27.9 Å². The highest BCUT2D eigenvalue weighted by Gasteiger charge is 2.33. The maximum atomic E-state index is 5.89. The lowest BCUT2D eigenvalue weighted by Gasteiger charge is -2.21. The van der Waals surface area contributed by atoms with Crippen LogP contribution in [0.15, 0.2) is 0 Å². The lowest BCUT2D eigenvalue weighted by Crippen LogP contribution is -2.28. The van der Waals surface area contributed by atoms with Gasteiger partial charge in [-0.15, -0.1) is 0 Å². The number of hydrogen-bond donors (Lipinski definition) is 1. The molecule has 1 saturated carbocycles. The summed E-state index contributed by atoms with van der Waals surface area (Å²) in [5.74, 6) is 2.16. The van der Waals surface area contributed by atoms with E-state index >= 15 is 0 Å². The monoisotopic (exact) mass is 231 g/mol. The van der Waals surface area contributed by atoms with Crippen molar-refractivity contribution in [3.05, 3.63) is 5.15 Å². The zero-order chi connectivity index (χ0) is 10.1. The van der Waals surface area contributed by atoms with Gasteiger partial charge in [0, 0.05) is 6.04 Å². The van der Waals surface area contributed by atoms with Crippen molar-refractivity contribution in [2.75, 3.05) is 5.32 Å². The van der Waals surface area contributed by atoms with Crippen LogP contribution in [0.2, 0.25) is 5.15 Å². The molecule has 2 rings (SSSR count). The Labute approximate surface area is 93.2 Å². The standard InChI is InChI=1S/C9H14ClN3S/c1-5(2)7(6-3-4-6)11-9-8(10)12-14-13-9/h5-7H,3-4H2,1-2H3,(H,11,13). The summed E-state index contributed by atoms with van der Waals surface area (Å²) in [6, 6.07) is 0.497. The third-order valence-electron chi connectivity index (χ3n) is 2.60. The van der Waals surface area contributed by atoms with Crippen molar-refractivity contribution in [3.8, 4) is 0 Å². The molecule has 0 saturated heterocycles. The zero-order valence-corrected chi connectivity index (χ0v) is 9.90. The van der Waals surface area contributed by atoms with Gasteiger partial charge in [0.25, 0.3) is 0 Å². The summed E-state index contributed by atoms with van der Waals surface area (Å²) in [6.45, 7) is 4.45. The number of rotatable bonds is 4. The van der Waals surface area contributed by atoms with E-state index in [1.54, 1.807) is 0 Å². The van der Waals surface area contributed by atoms with Crippen LogP contribution in [0.5, 0.6) is 0 Å². The molecule has 1 unspecified atom stereocenters. The topological polar surface area (TPSA) is 37.8 Å². The van der Waals surface area contributed by atoms with Gasteiger partial charge in [-0.3, -0.25) is 0 Å². The number of anilines is 1. The second-order valence-corrected chi connectivity index (χ2v) is 5.04. The Bertz CT molecular complexity index is 307. The highest BCUT2D eigenvalue weighted by molar-refractivity contribution is 6.99. The number of hydrogen-bond acceptors (Lipinski definition) is 4. The van der Waals surface area contributed by atoms with Gasteiger partial charge in [-0.25, -0.2) is 0 Å². The smallest absolute Gasteiger partial charge is 0.186 e. The number of aromatic nitrogens is 2. The summed E-state index contributed by atoms with van der Waals surface area (Å²) < 4.78 is 8.08. The Morgan fingerprint density at radius 3 is 2.57 bits per heavy atom. The van der Waals surface area contributed by atoms with E-state index in [0.717, 1.165) is 23.5 Å². The van der Waals surface area contributed by atoms with E-state index in [0.29, 0.717) is 17.1 Å². The second kappa shape index (κ2) is 4.03. The number of nitrogens with zero attached hydrogens (tertiary/aromatic N) is 2. The molecular formula is C9H14ClN3S. The third-order valence-corrected chi connectivity index (χ3v) is 3.49. The summed E-state index contributed by atoms with van der Waals surface area (Å²) in [5, 5.41) is 3.89. The van der Waals surface area contributed by atoms with E-state index in [1.807, 2.05) is 0 Å². The normalized spacial score (nSPS) is 18.6. The first-order chi connectivity index (χ1) is 6.68. The third kappa shape index (κ3) is 2.17. The highest BCUT2D eigenvalue weighted by atomic mass is 35.5. The van der Waals surface area contributed by atoms with E-state index in [4.69, 9.17) is 11.6 Å². The van der Waals surface area contributed by atoms with Crippen molar-refractivity contribution >= 4 is 29.1 Å². The molecule has 1 aliphatic rings. The van der Waals surface area contributed by atoms with Crippen LogP contribution in [0.25, 0.3) is 0 Å². The first-order valence-electron chi connectivity index (χ1n) is 4.93. The van der Waals surface area contributed by atoms with Gasteiger partial charge in [0.2, 0.25) is 0 Å². The minimum atomic E-state index is 0.497. The van der Waals surface area contributed by atoms with Gasteiger partial charge in [-0.1, -0.05) is 25.4 Å². The van der Waals surface area contributed by atoms with Gasteiger partial charge >= 0.3 is 0 Å². The summed E-state index contributed by atoms with van der Waals surface area (Å²) in [7, 11) is 0. The highest BCUT2D eigenvalue weighted by Crippen LogP contribution is 2.37. The first-order valence-corrected chi connectivity index (χ1v) is 6.04. The van der Waals surface area contributed by atoms with E-state index in [-0.39, 0.29) is 0 Å². The quantitative estimate of drug-likeness (QED) is 0.866. The second-order valence-electron chi connectivity index (χ2n) is 4.16. The SMILES string of the molecule is CC(C)C(Nc1nsnc1Cl)C1CC1. The van der Waals surface area contributed by atoms with Gasteiger partial charge in [-0.2, -0.15) is 8.75 Å². The Balaban J connectivity index is 2.03. The Kier molecular flexibility index (Phi) is 2.93. The molecule has 1 aromatic heterocycles. The molecule has 5 heteroatoms. The molecule has 1 aromatic rings. The Morgan fingerprint density at radius 2 is 2.14 bits per heavy atom. The Hall–Kier alpha value is -0.350. The fourth-order valence-corrected chi connectivity index (χ4v) is 2.37. The van der Waals surface area contributed by atoms with E-state index in [1.165, 1.54) is 12.8 Å². The van der Waals surface area contributed by atoms with Gasteiger partial charge in [0.05, 0.1) is 11.7 Å². The lowest BCUT2D eigenvalue weighted by atomic mass is 10.00. The van der Waals surface area contributed by atoms with Gasteiger partial charge in [0.1, 0.15) is 0 Å². The van der Waals surface area contributed by atoms with Crippen molar-refractivity contribution in [1.29, 1.82) is 0 Å². The average Bonchev–Trinajstić information content (AvgIpc) is 2.87. The minimum Gasteiger partial charge on any atom is -0.363 e. The van der Waals surface area contributed by atoms with Gasteiger partial charge in [-0.05, 0) is 24.7 Å². The van der Waals surface area contributed by atoms with Crippen molar-refractivity contribution < 1.29 is 0 Å². The molecule has 0 amide bonds. The van der Waals surface area contributed by atoms with Crippen LogP contribution >= 0.6 is 23.3 Å². The van der Waals surface area contributed by atoms with Crippen molar-refractivity contribution in [1.82, 2.24) is 8.75 Å². The Morgan fingerprint density at radius 1 is 1.43 bits per heavy atom. The molecule has 0 bridgehead atoms. The first kappa shape index (κ1) is 10.2. The molecule has 1 N–H and O–H groups in total. The maximum absolute atomic E-state index is 5.89. The summed E-state index contributed by atoms with van der Waals surface area (Å²) in [4.78, 5) is 0. The molecule has 14 heavy (non-hydrogen) atoms. The predicted molar refractivity (Wildman–Crippen MR) is 59.9 cm³/mol. The van der Waals surface area contributed by atoms with Crippen LogP contribution in [0.1, 0.15) is 26.7 Å². The van der Waals surface area contributed by atoms with Gasteiger partial charge in [0.15, 0.2) is 11.0 Å². The average molecular weight is 232 g/mol. The molecule has 1 heterocycles. The van der Waals surface area contributed by atoms with Crippen molar-refractivity contribution in [2.24, 2.45) is 11.8 Å². The largest absolute Gasteiger partial charge is 0.363 e. The molecule has 1 fully saturated rings. The fraction of sp³-hybridized carbons (Fsp3) is 0.778. The van der Waals surface area contributed by atoms with Crippen LogP contribution in [0.3, 0.4) is 0 Å². The molecular weight excluding hydrogens is 218 g/mol. The zero-order valence-electron chi connectivity index (χ0n) is 8.33.